The second kappa shape index (κ2) is 10.0. The third-order valence-corrected chi connectivity index (χ3v) is 5.95. The SMILES string of the molecule is CCOc1ccc(/C(O)=C2\C(=O)C(=O)N(Cc3ccccc3OC)C2c2ccc(Cl)cc2)cc1. The minimum atomic E-state index is -0.797. The molecule has 1 atom stereocenters. The van der Waals surface area contributed by atoms with Crippen LogP contribution in [0.15, 0.2) is 78.4 Å². The minimum Gasteiger partial charge on any atom is -0.507 e. The van der Waals surface area contributed by atoms with Crippen molar-refractivity contribution in [1.29, 1.82) is 0 Å². The standard InChI is InChI=1S/C27H24ClNO5/c1-3-34-21-14-10-18(11-15-21)25(30)23-24(17-8-12-20(28)13-9-17)29(27(32)26(23)31)16-19-6-4-5-7-22(19)33-2/h4-15,24,30H,3,16H2,1-2H3/b25-23+. The highest BCUT2D eigenvalue weighted by molar-refractivity contribution is 6.46. The summed E-state index contributed by atoms with van der Waals surface area (Å²) in [5.74, 6) is -0.445. The Labute approximate surface area is 203 Å². The van der Waals surface area contributed by atoms with Crippen molar-refractivity contribution in [3.8, 4) is 11.5 Å². The maximum absolute atomic E-state index is 13.2. The van der Waals surface area contributed by atoms with Crippen molar-refractivity contribution in [1.82, 2.24) is 4.90 Å². The highest BCUT2D eigenvalue weighted by atomic mass is 35.5. The fraction of sp³-hybridized carbons (Fsp3) is 0.185. The third-order valence-electron chi connectivity index (χ3n) is 5.70. The maximum atomic E-state index is 13.2. The number of benzene rings is 3. The van der Waals surface area contributed by atoms with Crippen molar-refractivity contribution in [2.45, 2.75) is 19.5 Å². The number of nitrogens with zero attached hydrogens (tertiary/aromatic N) is 1. The molecule has 0 bridgehead atoms. The first kappa shape index (κ1) is 23.4. The van der Waals surface area contributed by atoms with Crippen LogP contribution in [0.1, 0.15) is 29.7 Å². The average molecular weight is 478 g/mol. The molecule has 1 heterocycles. The molecule has 6 nitrogen and oxygen atoms in total. The van der Waals surface area contributed by atoms with Gasteiger partial charge in [0.05, 0.1) is 31.9 Å². The van der Waals surface area contributed by atoms with Gasteiger partial charge in [-0.25, -0.2) is 0 Å². The summed E-state index contributed by atoms with van der Waals surface area (Å²) in [4.78, 5) is 27.8. The molecule has 0 aliphatic carbocycles. The number of likely N-dealkylation sites (tertiary alicyclic amines) is 1. The van der Waals surface area contributed by atoms with Crippen molar-refractivity contribution in [3.63, 3.8) is 0 Å². The Kier molecular flexibility index (Phi) is 6.89. The molecule has 4 rings (SSSR count). The van der Waals surface area contributed by atoms with E-state index >= 15 is 0 Å². The molecule has 0 saturated carbocycles. The van der Waals surface area contributed by atoms with E-state index in [1.54, 1.807) is 61.7 Å². The molecule has 0 radical (unpaired) electrons. The molecule has 34 heavy (non-hydrogen) atoms. The van der Waals surface area contributed by atoms with E-state index in [0.29, 0.717) is 34.3 Å². The summed E-state index contributed by atoms with van der Waals surface area (Å²) in [6.45, 7) is 2.51. The monoisotopic (exact) mass is 477 g/mol. The molecule has 1 aliphatic heterocycles. The number of Topliss-reactive ketones (excluding diaryl/α,β-unsaturated/α-hetero) is 1. The van der Waals surface area contributed by atoms with E-state index in [1.807, 2.05) is 25.1 Å². The zero-order valence-electron chi connectivity index (χ0n) is 18.8. The van der Waals surface area contributed by atoms with E-state index in [0.717, 1.165) is 5.56 Å². The summed E-state index contributed by atoms with van der Waals surface area (Å²) < 4.78 is 10.9. The van der Waals surface area contributed by atoms with Crippen molar-refractivity contribution in [2.24, 2.45) is 0 Å². The molecular formula is C27H24ClNO5. The number of amides is 1. The van der Waals surface area contributed by atoms with Crippen LogP contribution >= 0.6 is 11.6 Å². The zero-order chi connectivity index (χ0) is 24.2. The maximum Gasteiger partial charge on any atom is 0.295 e. The van der Waals surface area contributed by atoms with Crippen LogP contribution < -0.4 is 9.47 Å². The number of hydrogen-bond acceptors (Lipinski definition) is 5. The van der Waals surface area contributed by atoms with Crippen LogP contribution in [-0.2, 0) is 16.1 Å². The van der Waals surface area contributed by atoms with Gasteiger partial charge in [0.2, 0.25) is 0 Å². The van der Waals surface area contributed by atoms with Gasteiger partial charge in [0, 0.05) is 16.1 Å². The molecule has 1 aliphatic rings. The summed E-state index contributed by atoms with van der Waals surface area (Å²) in [5.41, 5.74) is 1.84. The number of ketones is 1. The van der Waals surface area contributed by atoms with Gasteiger partial charge >= 0.3 is 0 Å². The van der Waals surface area contributed by atoms with E-state index < -0.39 is 17.7 Å². The van der Waals surface area contributed by atoms with E-state index in [4.69, 9.17) is 21.1 Å². The number of methoxy groups -OCH3 is 1. The van der Waals surface area contributed by atoms with E-state index in [-0.39, 0.29) is 17.9 Å². The van der Waals surface area contributed by atoms with Crippen molar-refractivity contribution < 1.29 is 24.2 Å². The first-order valence-electron chi connectivity index (χ1n) is 10.8. The first-order valence-corrected chi connectivity index (χ1v) is 11.2. The molecule has 7 heteroatoms. The lowest BCUT2D eigenvalue weighted by atomic mass is 9.95. The number of aliphatic hydroxyl groups excluding tert-OH is 1. The molecule has 174 valence electrons. The van der Waals surface area contributed by atoms with Crippen LogP contribution in [0.2, 0.25) is 5.02 Å². The van der Waals surface area contributed by atoms with Crippen LogP contribution in [0.25, 0.3) is 5.76 Å². The lowest BCUT2D eigenvalue weighted by molar-refractivity contribution is -0.140. The lowest BCUT2D eigenvalue weighted by Gasteiger charge is -2.26. The Balaban J connectivity index is 1.82. The topological polar surface area (TPSA) is 76.1 Å². The van der Waals surface area contributed by atoms with Crippen molar-refractivity contribution in [3.05, 3.63) is 100 Å². The lowest BCUT2D eigenvalue weighted by Crippen LogP contribution is -2.29. The van der Waals surface area contributed by atoms with Crippen LogP contribution in [0.3, 0.4) is 0 Å². The quantitative estimate of drug-likeness (QED) is 0.281. The number of halogens is 1. The second-order valence-corrected chi connectivity index (χ2v) is 8.18. The average Bonchev–Trinajstić information content (AvgIpc) is 3.10. The van der Waals surface area contributed by atoms with Gasteiger partial charge in [-0.1, -0.05) is 41.9 Å². The van der Waals surface area contributed by atoms with Gasteiger partial charge in [0.25, 0.3) is 11.7 Å². The Bertz CT molecular complexity index is 1230. The number of carbonyl (C=O) groups is 2. The number of rotatable bonds is 7. The molecule has 1 fully saturated rings. The van der Waals surface area contributed by atoms with Gasteiger partial charge in [0.15, 0.2) is 0 Å². The predicted molar refractivity (Wildman–Crippen MR) is 130 cm³/mol. The smallest absolute Gasteiger partial charge is 0.295 e. The Morgan fingerprint density at radius 1 is 1.00 bits per heavy atom. The fourth-order valence-corrected chi connectivity index (χ4v) is 4.21. The molecule has 1 unspecified atom stereocenters. The minimum absolute atomic E-state index is 0.0198. The number of hydrogen-bond donors (Lipinski definition) is 1. The molecular weight excluding hydrogens is 454 g/mol. The molecule has 3 aromatic rings. The number of ether oxygens (including phenoxy) is 2. The third kappa shape index (κ3) is 4.50. The van der Waals surface area contributed by atoms with Gasteiger partial charge in [-0.2, -0.15) is 0 Å². The molecule has 1 amide bonds. The van der Waals surface area contributed by atoms with Gasteiger partial charge in [-0.15, -0.1) is 0 Å². The van der Waals surface area contributed by atoms with Crippen LogP contribution in [0.4, 0.5) is 0 Å². The summed E-state index contributed by atoms with van der Waals surface area (Å²) >= 11 is 6.08. The Hall–Kier alpha value is -3.77. The number of carbonyl (C=O) groups excluding carboxylic acids is 2. The van der Waals surface area contributed by atoms with Gasteiger partial charge in [-0.05, 0) is 55.0 Å². The van der Waals surface area contributed by atoms with E-state index in [9.17, 15) is 14.7 Å². The second-order valence-electron chi connectivity index (χ2n) is 7.75. The Morgan fingerprint density at radius 2 is 1.68 bits per heavy atom. The first-order chi connectivity index (χ1) is 16.4. The number of para-hydroxylation sites is 1. The van der Waals surface area contributed by atoms with Gasteiger partial charge < -0.3 is 19.5 Å². The highest BCUT2D eigenvalue weighted by Crippen LogP contribution is 2.41. The normalized spacial score (nSPS) is 17.1. The van der Waals surface area contributed by atoms with E-state index in [2.05, 4.69) is 0 Å². The predicted octanol–water partition coefficient (Wildman–Crippen LogP) is 5.37. The molecule has 3 aromatic carbocycles. The van der Waals surface area contributed by atoms with Crippen LogP contribution in [-0.4, -0.2) is 35.4 Å². The van der Waals surface area contributed by atoms with Gasteiger partial charge in [-0.3, -0.25) is 9.59 Å². The van der Waals surface area contributed by atoms with Gasteiger partial charge in [0.1, 0.15) is 17.3 Å². The Morgan fingerprint density at radius 3 is 2.32 bits per heavy atom. The number of aliphatic hydroxyl groups is 1. The van der Waals surface area contributed by atoms with E-state index in [1.165, 1.54) is 4.90 Å². The van der Waals surface area contributed by atoms with Crippen molar-refractivity contribution >= 4 is 29.1 Å². The highest BCUT2D eigenvalue weighted by Gasteiger charge is 2.46. The summed E-state index contributed by atoms with van der Waals surface area (Å²) in [6, 6.07) is 20.1. The van der Waals surface area contributed by atoms with Crippen LogP contribution in [0, 0.1) is 0 Å². The van der Waals surface area contributed by atoms with Crippen molar-refractivity contribution in [2.75, 3.05) is 13.7 Å². The summed E-state index contributed by atoms with van der Waals surface area (Å²) in [5, 5.41) is 11.7. The molecule has 1 N–H and O–H groups in total. The van der Waals surface area contributed by atoms with Crippen LogP contribution in [0.5, 0.6) is 11.5 Å². The largest absolute Gasteiger partial charge is 0.507 e. The summed E-state index contributed by atoms with van der Waals surface area (Å²) in [7, 11) is 1.55. The zero-order valence-corrected chi connectivity index (χ0v) is 19.6. The fourth-order valence-electron chi connectivity index (χ4n) is 4.08. The summed E-state index contributed by atoms with van der Waals surface area (Å²) in [6.07, 6.45) is 0. The molecule has 0 spiro atoms. The molecule has 1 saturated heterocycles. The molecule has 0 aromatic heterocycles.